The number of benzene rings is 2. The molecule has 2 heterocycles. The third-order valence-electron chi connectivity index (χ3n) is 6.20. The maximum absolute atomic E-state index is 13.0. The number of carbonyl (C=O) groups excluding carboxylic acids is 3. The highest BCUT2D eigenvalue weighted by atomic mass is 35.5. The molecule has 13 nitrogen and oxygen atoms in total. The highest BCUT2D eigenvalue weighted by molar-refractivity contribution is 6.30. The number of hydrogen-bond acceptors (Lipinski definition) is 8. The second kappa shape index (κ2) is 14.0. The number of ether oxygens (including phenoxy) is 1. The summed E-state index contributed by atoms with van der Waals surface area (Å²) < 4.78 is 4.66. The molecule has 42 heavy (non-hydrogen) atoms. The Bertz CT molecular complexity index is 1550. The average molecular weight is 592 g/mol. The van der Waals surface area contributed by atoms with Crippen molar-refractivity contribution >= 4 is 59.0 Å². The molecule has 0 saturated heterocycles. The summed E-state index contributed by atoms with van der Waals surface area (Å²) in [6.45, 7) is 0. The van der Waals surface area contributed by atoms with Gasteiger partial charge < -0.3 is 26.2 Å². The number of fused-ring (bicyclic) bond motifs is 4. The molecule has 0 radical (unpaired) electrons. The first-order valence-electron chi connectivity index (χ1n) is 12.8. The van der Waals surface area contributed by atoms with Gasteiger partial charge in [-0.25, -0.2) is 15.6 Å². The first-order valence-corrected chi connectivity index (χ1v) is 13.2. The minimum atomic E-state index is -0.637. The molecular weight excluding hydrogens is 562 g/mol. The van der Waals surface area contributed by atoms with E-state index in [0.717, 1.165) is 0 Å². The van der Waals surface area contributed by atoms with Crippen molar-refractivity contribution in [3.8, 4) is 11.3 Å². The van der Waals surface area contributed by atoms with Crippen molar-refractivity contribution in [2.75, 3.05) is 22.8 Å². The number of halogens is 1. The zero-order valence-electron chi connectivity index (χ0n) is 22.6. The fourth-order valence-electron chi connectivity index (χ4n) is 4.20. The maximum atomic E-state index is 13.0. The van der Waals surface area contributed by atoms with E-state index in [1.54, 1.807) is 48.7 Å². The highest BCUT2D eigenvalue weighted by Crippen LogP contribution is 2.31. The quantitative estimate of drug-likeness (QED) is 0.0617. The Morgan fingerprint density at radius 3 is 2.86 bits per heavy atom. The van der Waals surface area contributed by atoms with Crippen molar-refractivity contribution < 1.29 is 19.1 Å². The van der Waals surface area contributed by atoms with Gasteiger partial charge in [0.25, 0.3) is 0 Å². The summed E-state index contributed by atoms with van der Waals surface area (Å²) in [6.07, 6.45) is 10.1. The van der Waals surface area contributed by atoms with Crippen LogP contribution in [0, 0.1) is 0 Å². The Labute approximate surface area is 246 Å². The lowest BCUT2D eigenvalue weighted by molar-refractivity contribution is -0.117. The van der Waals surface area contributed by atoms with Crippen LogP contribution in [0.5, 0.6) is 0 Å². The largest absolute Gasteiger partial charge is 0.453 e. The maximum Gasteiger partial charge on any atom is 0.411 e. The van der Waals surface area contributed by atoms with E-state index in [1.807, 2.05) is 12.2 Å². The van der Waals surface area contributed by atoms with Crippen molar-refractivity contribution in [1.82, 2.24) is 15.3 Å². The number of imidazole rings is 1. The lowest BCUT2D eigenvalue weighted by Gasteiger charge is -2.16. The van der Waals surface area contributed by atoms with Gasteiger partial charge in [0.05, 0.1) is 30.2 Å². The van der Waals surface area contributed by atoms with E-state index in [0.29, 0.717) is 57.6 Å². The second-order valence-electron chi connectivity index (χ2n) is 9.11. The summed E-state index contributed by atoms with van der Waals surface area (Å²) >= 11 is 6.15. The molecule has 2 aromatic carbocycles. The summed E-state index contributed by atoms with van der Waals surface area (Å²) in [5.41, 5.74) is 3.17. The van der Waals surface area contributed by atoms with Gasteiger partial charge >= 0.3 is 6.09 Å². The summed E-state index contributed by atoms with van der Waals surface area (Å²) in [5.74, 6) is 11.1. The van der Waals surface area contributed by atoms with Crippen molar-refractivity contribution in [3.63, 3.8) is 0 Å². The molecule has 3 aromatic rings. The molecule has 218 valence electrons. The molecule has 3 amide bonds. The van der Waals surface area contributed by atoms with E-state index >= 15 is 0 Å². The number of hydrazine groups is 1. The number of H-pyrrole nitrogens is 1. The van der Waals surface area contributed by atoms with Crippen LogP contribution in [0.4, 0.5) is 21.9 Å². The van der Waals surface area contributed by atoms with Crippen molar-refractivity contribution in [2.24, 2.45) is 16.8 Å². The van der Waals surface area contributed by atoms with Gasteiger partial charge in [0.1, 0.15) is 12.2 Å². The zero-order valence-corrected chi connectivity index (χ0v) is 23.4. The monoisotopic (exact) mass is 591 g/mol. The Morgan fingerprint density at radius 2 is 2.07 bits per heavy atom. The van der Waals surface area contributed by atoms with Gasteiger partial charge in [0, 0.05) is 40.5 Å². The molecule has 1 aliphatic heterocycles. The van der Waals surface area contributed by atoms with Gasteiger partial charge in [-0.15, -0.1) is 0 Å². The van der Waals surface area contributed by atoms with E-state index in [-0.39, 0.29) is 18.2 Å². The van der Waals surface area contributed by atoms with E-state index in [9.17, 15) is 14.4 Å². The molecule has 0 spiro atoms. The molecule has 4 rings (SSSR count). The Balaban J connectivity index is 1.60. The number of nitrogens with two attached hydrogens (primary N) is 2. The lowest BCUT2D eigenvalue weighted by atomic mass is 10.1. The third-order valence-corrected chi connectivity index (χ3v) is 6.43. The molecule has 1 aliphatic rings. The van der Waals surface area contributed by atoms with Crippen LogP contribution in [0.2, 0.25) is 5.02 Å². The van der Waals surface area contributed by atoms with Crippen molar-refractivity contribution in [3.05, 3.63) is 77.2 Å². The summed E-state index contributed by atoms with van der Waals surface area (Å²) in [7, 11) is 1.26. The van der Waals surface area contributed by atoms with Crippen molar-refractivity contribution in [2.45, 2.75) is 25.3 Å². The minimum absolute atomic E-state index is 0.199. The van der Waals surface area contributed by atoms with Crippen LogP contribution >= 0.6 is 11.6 Å². The SMILES string of the molecule is COC(=O)Nc1ccc2c(c1)NC(=O)CC/C=C/CC(NC(=O)/C=C/c1cc(Cl)ccc1N(N)/C=N\N)c1nc-2c[nH]1. The van der Waals surface area contributed by atoms with Crippen LogP contribution in [0.15, 0.2) is 65.9 Å². The van der Waals surface area contributed by atoms with E-state index in [1.165, 1.54) is 24.5 Å². The number of aromatic nitrogens is 2. The Hall–Kier alpha value is -5.14. The van der Waals surface area contributed by atoms with Gasteiger partial charge in [-0.2, -0.15) is 5.10 Å². The van der Waals surface area contributed by atoms with E-state index in [2.05, 4.69) is 30.8 Å². The number of hydrogen-bond donors (Lipinski definition) is 6. The molecule has 0 saturated carbocycles. The van der Waals surface area contributed by atoms with Crippen LogP contribution in [0.3, 0.4) is 0 Å². The number of aromatic amines is 1. The molecule has 0 aliphatic carbocycles. The Morgan fingerprint density at radius 1 is 1.24 bits per heavy atom. The standard InChI is InChI=1S/C28H30ClN9O4/c1-42-28(41)34-19-9-10-20-22(14-19)36-25(39)6-4-2-3-5-21(27-32-15-23(20)37-27)35-26(40)12-7-17-13-18(29)8-11-24(17)38(31)16-33-30/h2-3,7-16,21H,4-6,30-31H2,1H3,(H,32,37)(H,34,41)(H,35,40)(H,36,39)/b3-2+,12-7+,33-16-. The molecule has 2 bridgehead atoms. The third kappa shape index (κ3) is 7.74. The van der Waals surface area contributed by atoms with Crippen LogP contribution < -0.4 is 32.6 Å². The fourth-order valence-corrected chi connectivity index (χ4v) is 4.38. The highest BCUT2D eigenvalue weighted by Gasteiger charge is 2.19. The molecule has 1 atom stereocenters. The number of allylic oxidation sites excluding steroid dienone is 1. The van der Waals surface area contributed by atoms with Gasteiger partial charge in [-0.05, 0) is 55.3 Å². The first-order chi connectivity index (χ1) is 20.3. The van der Waals surface area contributed by atoms with Gasteiger partial charge in [0.15, 0.2) is 0 Å². The fraction of sp³-hybridized carbons (Fsp3) is 0.179. The Kier molecular flexibility index (Phi) is 9.92. The topological polar surface area (TPSA) is 193 Å². The number of methoxy groups -OCH3 is 1. The van der Waals surface area contributed by atoms with Gasteiger partial charge in [-0.1, -0.05) is 23.8 Å². The lowest BCUT2D eigenvalue weighted by Crippen LogP contribution is -2.30. The molecule has 8 N–H and O–H groups in total. The van der Waals surface area contributed by atoms with E-state index in [4.69, 9.17) is 28.3 Å². The summed E-state index contributed by atoms with van der Waals surface area (Å²) in [6, 6.07) is 9.52. The van der Waals surface area contributed by atoms with Gasteiger partial charge in [-0.3, -0.25) is 19.9 Å². The predicted octanol–water partition coefficient (Wildman–Crippen LogP) is 4.04. The number of amides is 3. The van der Waals surface area contributed by atoms with Crippen LogP contribution in [0.1, 0.15) is 36.7 Å². The number of nitrogens with one attached hydrogen (secondary N) is 4. The van der Waals surface area contributed by atoms with E-state index < -0.39 is 12.1 Å². The molecular formula is C28H30ClN9O4. The number of nitrogens with zero attached hydrogens (tertiary/aromatic N) is 3. The molecule has 1 unspecified atom stereocenters. The molecule has 0 fully saturated rings. The number of carbonyl (C=O) groups is 3. The number of hydrazone groups is 1. The van der Waals surface area contributed by atoms with Crippen LogP contribution in [-0.2, 0) is 14.3 Å². The zero-order chi connectivity index (χ0) is 30.1. The first kappa shape index (κ1) is 29.8. The molecule has 14 heteroatoms. The van der Waals surface area contributed by atoms with Crippen LogP contribution in [-0.4, -0.2) is 41.3 Å². The number of anilines is 3. The summed E-state index contributed by atoms with van der Waals surface area (Å²) in [5, 5.41) is 13.5. The average Bonchev–Trinajstić information content (AvgIpc) is 3.45. The predicted molar refractivity (Wildman–Crippen MR) is 162 cm³/mol. The summed E-state index contributed by atoms with van der Waals surface area (Å²) in [4.78, 5) is 45.2. The normalized spacial score (nSPS) is 16.0. The van der Waals surface area contributed by atoms with Crippen molar-refractivity contribution in [1.29, 1.82) is 0 Å². The number of rotatable bonds is 6. The van der Waals surface area contributed by atoms with Crippen LogP contribution in [0.25, 0.3) is 17.3 Å². The van der Waals surface area contributed by atoms with Gasteiger partial charge in [0.2, 0.25) is 11.8 Å². The molecule has 1 aromatic heterocycles. The smallest absolute Gasteiger partial charge is 0.411 e. The second-order valence-corrected chi connectivity index (χ2v) is 9.55. The minimum Gasteiger partial charge on any atom is -0.453 e.